The maximum absolute atomic E-state index is 5.55. The van der Waals surface area contributed by atoms with Crippen LogP contribution in [0, 0.1) is 0 Å². The van der Waals surface area contributed by atoms with E-state index in [9.17, 15) is 0 Å². The van der Waals surface area contributed by atoms with Gasteiger partial charge in [0.15, 0.2) is 6.29 Å². The smallest absolute Gasteiger partial charge is 0.158 e. The van der Waals surface area contributed by atoms with Crippen molar-refractivity contribution in [2.24, 2.45) is 0 Å². The number of aromatic nitrogens is 3. The minimum absolute atomic E-state index is 0.0835. The molecule has 0 N–H and O–H groups in total. The van der Waals surface area contributed by atoms with E-state index in [1.165, 1.54) is 0 Å². The molecule has 1 aromatic heterocycles. The molecule has 0 fully saturated rings. The summed E-state index contributed by atoms with van der Waals surface area (Å²) >= 11 is 0. The van der Waals surface area contributed by atoms with E-state index in [0.717, 1.165) is 38.4 Å². The normalized spacial score (nSPS) is 16.2. The number of fused-ring (bicyclic) bond motifs is 1. The first-order valence-electron chi connectivity index (χ1n) is 6.65. The molecule has 0 amide bonds. The van der Waals surface area contributed by atoms with E-state index in [1.807, 2.05) is 13.8 Å². The Morgan fingerprint density at radius 2 is 2.06 bits per heavy atom. The molecule has 0 unspecified atom stereocenters. The van der Waals surface area contributed by atoms with Gasteiger partial charge in [0, 0.05) is 39.3 Å². The molecular formula is C12H22N4O2. The molecule has 0 bridgehead atoms. The molecule has 2 heterocycles. The Kier molecular flexibility index (Phi) is 5.10. The Labute approximate surface area is 108 Å². The summed E-state index contributed by atoms with van der Waals surface area (Å²) in [5, 5.41) is 8.04. The van der Waals surface area contributed by atoms with Crippen LogP contribution >= 0.6 is 0 Å². The lowest BCUT2D eigenvalue weighted by Gasteiger charge is -2.28. The van der Waals surface area contributed by atoms with Crippen molar-refractivity contribution >= 4 is 0 Å². The summed E-state index contributed by atoms with van der Waals surface area (Å²) in [6.07, 6.45) is 2.62. The van der Waals surface area contributed by atoms with Crippen LogP contribution in [0.1, 0.15) is 26.1 Å². The third-order valence-electron chi connectivity index (χ3n) is 3.10. The Balaban J connectivity index is 1.77. The monoisotopic (exact) mass is 254 g/mol. The maximum atomic E-state index is 5.55. The fourth-order valence-electron chi connectivity index (χ4n) is 2.18. The number of ether oxygens (including phenoxy) is 2. The quantitative estimate of drug-likeness (QED) is 0.676. The Bertz CT molecular complexity index is 350. The molecular weight excluding hydrogens is 232 g/mol. The summed E-state index contributed by atoms with van der Waals surface area (Å²) < 4.78 is 13.2. The van der Waals surface area contributed by atoms with Crippen LogP contribution in [0.3, 0.4) is 0 Å². The minimum Gasteiger partial charge on any atom is -0.353 e. The van der Waals surface area contributed by atoms with Crippen LogP contribution in [0.5, 0.6) is 0 Å². The number of hydrogen-bond acceptors (Lipinski definition) is 5. The van der Waals surface area contributed by atoms with Crippen LogP contribution in [0.15, 0.2) is 6.33 Å². The van der Waals surface area contributed by atoms with Gasteiger partial charge in [-0.1, -0.05) is 0 Å². The van der Waals surface area contributed by atoms with E-state index in [1.54, 1.807) is 6.33 Å². The lowest BCUT2D eigenvalue weighted by molar-refractivity contribution is -0.142. The van der Waals surface area contributed by atoms with Gasteiger partial charge in [0.2, 0.25) is 0 Å². The Hall–Kier alpha value is -0.980. The van der Waals surface area contributed by atoms with Crippen molar-refractivity contribution in [3.8, 4) is 0 Å². The van der Waals surface area contributed by atoms with Crippen LogP contribution in [0.2, 0.25) is 0 Å². The molecule has 0 saturated heterocycles. The predicted octanol–water partition coefficient (Wildman–Crippen LogP) is 0.883. The highest BCUT2D eigenvalue weighted by Gasteiger charge is 2.18. The lowest BCUT2D eigenvalue weighted by atomic mass is 10.3. The zero-order chi connectivity index (χ0) is 12.8. The molecule has 0 aromatic carbocycles. The van der Waals surface area contributed by atoms with E-state index in [2.05, 4.69) is 19.7 Å². The van der Waals surface area contributed by atoms with Gasteiger partial charge in [0.05, 0.1) is 6.54 Å². The van der Waals surface area contributed by atoms with Gasteiger partial charge < -0.3 is 14.0 Å². The Morgan fingerprint density at radius 3 is 2.78 bits per heavy atom. The van der Waals surface area contributed by atoms with Gasteiger partial charge in [0.1, 0.15) is 12.2 Å². The zero-order valence-corrected chi connectivity index (χ0v) is 11.2. The second-order valence-electron chi connectivity index (χ2n) is 4.35. The molecule has 6 heteroatoms. The van der Waals surface area contributed by atoms with Gasteiger partial charge in [-0.2, -0.15) is 0 Å². The van der Waals surface area contributed by atoms with Crippen molar-refractivity contribution in [1.82, 2.24) is 19.7 Å². The van der Waals surface area contributed by atoms with Crippen molar-refractivity contribution < 1.29 is 9.47 Å². The van der Waals surface area contributed by atoms with Gasteiger partial charge in [-0.05, 0) is 13.8 Å². The van der Waals surface area contributed by atoms with E-state index < -0.39 is 0 Å². The molecule has 0 spiro atoms. The predicted molar refractivity (Wildman–Crippen MR) is 67.0 cm³/mol. The summed E-state index contributed by atoms with van der Waals surface area (Å²) in [5.74, 6) is 1.05. The van der Waals surface area contributed by atoms with Crippen molar-refractivity contribution in [2.45, 2.75) is 39.6 Å². The van der Waals surface area contributed by atoms with Crippen LogP contribution in [-0.2, 0) is 22.6 Å². The van der Waals surface area contributed by atoms with E-state index in [-0.39, 0.29) is 6.29 Å². The molecule has 0 saturated carbocycles. The van der Waals surface area contributed by atoms with Crippen LogP contribution < -0.4 is 0 Å². The third-order valence-corrected chi connectivity index (χ3v) is 3.10. The second kappa shape index (κ2) is 6.82. The highest BCUT2D eigenvalue weighted by molar-refractivity contribution is 4.89. The first kappa shape index (κ1) is 13.5. The standard InChI is InChI=1S/C12H22N4O2/c1-3-17-12(18-4-2)5-6-15-7-8-16-10-13-14-11(16)9-15/h10,12H,3-9H2,1-2H3. The molecule has 0 atom stereocenters. The average Bonchev–Trinajstić information content (AvgIpc) is 2.84. The molecule has 1 aliphatic rings. The minimum atomic E-state index is -0.0835. The lowest BCUT2D eigenvalue weighted by Crippen LogP contribution is -2.36. The fourth-order valence-corrected chi connectivity index (χ4v) is 2.18. The summed E-state index contributed by atoms with van der Waals surface area (Å²) in [6, 6.07) is 0. The van der Waals surface area contributed by atoms with E-state index >= 15 is 0 Å². The van der Waals surface area contributed by atoms with Gasteiger partial charge in [-0.25, -0.2) is 0 Å². The third kappa shape index (κ3) is 3.51. The summed E-state index contributed by atoms with van der Waals surface area (Å²) in [4.78, 5) is 2.37. The summed E-state index contributed by atoms with van der Waals surface area (Å²) in [6.45, 7) is 9.22. The van der Waals surface area contributed by atoms with Crippen molar-refractivity contribution in [3.63, 3.8) is 0 Å². The SMILES string of the molecule is CCOC(CCN1CCn2cnnc2C1)OCC. The molecule has 1 aromatic rings. The zero-order valence-electron chi connectivity index (χ0n) is 11.2. The second-order valence-corrected chi connectivity index (χ2v) is 4.35. The number of rotatable bonds is 7. The molecule has 102 valence electrons. The van der Waals surface area contributed by atoms with E-state index in [4.69, 9.17) is 9.47 Å². The molecule has 1 aliphatic heterocycles. The first-order chi connectivity index (χ1) is 8.83. The van der Waals surface area contributed by atoms with Crippen LogP contribution in [0.4, 0.5) is 0 Å². The molecule has 2 rings (SSSR count). The van der Waals surface area contributed by atoms with Crippen LogP contribution in [0.25, 0.3) is 0 Å². The number of nitrogens with zero attached hydrogens (tertiary/aromatic N) is 4. The molecule has 0 aliphatic carbocycles. The van der Waals surface area contributed by atoms with E-state index in [0.29, 0.717) is 13.2 Å². The maximum Gasteiger partial charge on any atom is 0.158 e. The topological polar surface area (TPSA) is 52.4 Å². The first-order valence-corrected chi connectivity index (χ1v) is 6.65. The average molecular weight is 254 g/mol. The van der Waals surface area contributed by atoms with Crippen molar-refractivity contribution in [3.05, 3.63) is 12.2 Å². The largest absolute Gasteiger partial charge is 0.353 e. The molecule has 0 radical (unpaired) electrons. The number of hydrogen-bond donors (Lipinski definition) is 0. The highest BCUT2D eigenvalue weighted by Crippen LogP contribution is 2.11. The summed E-state index contributed by atoms with van der Waals surface area (Å²) in [7, 11) is 0. The van der Waals surface area contributed by atoms with Gasteiger partial charge in [0.25, 0.3) is 0 Å². The Morgan fingerprint density at radius 1 is 1.28 bits per heavy atom. The van der Waals surface area contributed by atoms with Crippen LogP contribution in [-0.4, -0.2) is 52.3 Å². The van der Waals surface area contributed by atoms with Crippen molar-refractivity contribution in [1.29, 1.82) is 0 Å². The van der Waals surface area contributed by atoms with Gasteiger partial charge in [-0.15, -0.1) is 10.2 Å². The molecule has 6 nitrogen and oxygen atoms in total. The summed E-state index contributed by atoms with van der Waals surface area (Å²) in [5.41, 5.74) is 0. The molecule has 18 heavy (non-hydrogen) atoms. The fraction of sp³-hybridized carbons (Fsp3) is 0.833. The highest BCUT2D eigenvalue weighted by atomic mass is 16.7. The van der Waals surface area contributed by atoms with Crippen molar-refractivity contribution in [2.75, 3.05) is 26.3 Å². The van der Waals surface area contributed by atoms with Gasteiger partial charge in [-0.3, -0.25) is 4.90 Å². The van der Waals surface area contributed by atoms with Gasteiger partial charge >= 0.3 is 0 Å².